The van der Waals surface area contributed by atoms with Crippen LogP contribution in [0, 0.1) is 25.7 Å². The van der Waals surface area contributed by atoms with Crippen LogP contribution in [0.3, 0.4) is 0 Å². The molecule has 5 heteroatoms. The number of rotatable bonds is 3. The van der Waals surface area contributed by atoms with Gasteiger partial charge in [0, 0.05) is 43.7 Å². The van der Waals surface area contributed by atoms with Crippen LogP contribution in [0.15, 0.2) is 4.52 Å². The smallest absolute Gasteiger partial charge is 0.225 e. The summed E-state index contributed by atoms with van der Waals surface area (Å²) >= 11 is 0. The van der Waals surface area contributed by atoms with Crippen molar-refractivity contribution in [2.45, 2.75) is 52.1 Å². The predicted octanol–water partition coefficient (Wildman–Crippen LogP) is 2.12. The number of hydrogen-bond acceptors (Lipinski definition) is 4. The Morgan fingerprint density at radius 2 is 2.00 bits per heavy atom. The van der Waals surface area contributed by atoms with E-state index in [2.05, 4.69) is 15.0 Å². The van der Waals surface area contributed by atoms with Crippen molar-refractivity contribution in [3.63, 3.8) is 0 Å². The fourth-order valence-electron chi connectivity index (χ4n) is 4.09. The number of aromatic nitrogens is 1. The van der Waals surface area contributed by atoms with Crippen LogP contribution in [0.5, 0.6) is 0 Å². The summed E-state index contributed by atoms with van der Waals surface area (Å²) in [7, 11) is 0. The molecule has 0 aromatic carbocycles. The number of hydrogen-bond donors (Lipinski definition) is 0. The standard InChI is InChI=1S/C17H25N3O2/c1-11-16(12(2)22-18-11)10-19-7-13-3-6-15(9-19)20(8-13)17(21)14-4-5-14/h13-15H,3-10H2,1-2H3/t13-,15+/m0/s1. The van der Waals surface area contributed by atoms with Crippen LogP contribution in [0.4, 0.5) is 0 Å². The lowest BCUT2D eigenvalue weighted by molar-refractivity contribution is -0.136. The Bertz CT molecular complexity index is 559. The molecule has 2 atom stereocenters. The number of aryl methyl sites for hydroxylation is 2. The van der Waals surface area contributed by atoms with E-state index < -0.39 is 0 Å². The molecule has 3 saturated heterocycles. The number of fused-ring (bicyclic) bond motifs is 4. The van der Waals surface area contributed by atoms with Crippen molar-refractivity contribution >= 4 is 5.91 Å². The zero-order chi connectivity index (χ0) is 15.3. The van der Waals surface area contributed by atoms with Gasteiger partial charge in [-0.05, 0) is 45.4 Å². The fraction of sp³-hybridized carbons (Fsp3) is 0.765. The molecule has 2 bridgehead atoms. The molecule has 5 nitrogen and oxygen atoms in total. The highest BCUT2D eigenvalue weighted by Gasteiger charge is 2.42. The summed E-state index contributed by atoms with van der Waals surface area (Å²) in [4.78, 5) is 17.2. The molecular formula is C17H25N3O2. The SMILES string of the molecule is Cc1noc(C)c1CN1C[C@@H]2CC[C@H](C1)N(C(=O)C1CC1)C2. The van der Waals surface area contributed by atoms with Gasteiger partial charge in [-0.3, -0.25) is 9.69 Å². The summed E-state index contributed by atoms with van der Waals surface area (Å²) in [6.07, 6.45) is 4.64. The second-order valence-electron chi connectivity index (χ2n) is 7.36. The highest BCUT2D eigenvalue weighted by molar-refractivity contribution is 5.81. The van der Waals surface area contributed by atoms with E-state index in [1.165, 1.54) is 18.4 Å². The molecule has 1 aliphatic carbocycles. The van der Waals surface area contributed by atoms with Crippen molar-refractivity contribution in [3.05, 3.63) is 17.0 Å². The minimum Gasteiger partial charge on any atom is -0.361 e. The maximum atomic E-state index is 12.5. The van der Waals surface area contributed by atoms with Gasteiger partial charge in [0.25, 0.3) is 0 Å². The van der Waals surface area contributed by atoms with Gasteiger partial charge in [0.15, 0.2) is 0 Å². The van der Waals surface area contributed by atoms with Crippen LogP contribution < -0.4 is 0 Å². The van der Waals surface area contributed by atoms with E-state index in [4.69, 9.17) is 4.52 Å². The van der Waals surface area contributed by atoms with Gasteiger partial charge < -0.3 is 9.42 Å². The lowest BCUT2D eigenvalue weighted by atomic mass is 9.94. The predicted molar refractivity (Wildman–Crippen MR) is 82.2 cm³/mol. The van der Waals surface area contributed by atoms with Crippen LogP contribution in [-0.2, 0) is 11.3 Å². The van der Waals surface area contributed by atoms with Crippen molar-refractivity contribution in [2.75, 3.05) is 19.6 Å². The summed E-state index contributed by atoms with van der Waals surface area (Å²) in [6, 6.07) is 0.410. The third kappa shape index (κ3) is 2.56. The van der Waals surface area contributed by atoms with Gasteiger partial charge in [-0.2, -0.15) is 0 Å². The highest BCUT2D eigenvalue weighted by Crippen LogP contribution is 2.36. The summed E-state index contributed by atoms with van der Waals surface area (Å²) in [5.41, 5.74) is 2.22. The van der Waals surface area contributed by atoms with Gasteiger partial charge >= 0.3 is 0 Å². The van der Waals surface area contributed by atoms with E-state index in [0.29, 0.717) is 23.8 Å². The van der Waals surface area contributed by atoms with Crippen LogP contribution in [0.1, 0.15) is 42.7 Å². The minimum absolute atomic E-state index is 0.343. The Morgan fingerprint density at radius 1 is 1.18 bits per heavy atom. The maximum absolute atomic E-state index is 12.5. The summed E-state index contributed by atoms with van der Waals surface area (Å²) in [5, 5.41) is 4.07. The number of amides is 1. The molecular weight excluding hydrogens is 278 g/mol. The lowest BCUT2D eigenvalue weighted by Crippen LogP contribution is -2.48. The van der Waals surface area contributed by atoms with Crippen molar-refractivity contribution in [1.82, 2.24) is 15.0 Å². The van der Waals surface area contributed by atoms with Crippen LogP contribution in [0.2, 0.25) is 0 Å². The Labute approximate surface area is 131 Å². The Balaban J connectivity index is 1.49. The second-order valence-corrected chi connectivity index (χ2v) is 7.36. The zero-order valence-corrected chi connectivity index (χ0v) is 13.5. The van der Waals surface area contributed by atoms with Crippen molar-refractivity contribution < 1.29 is 9.32 Å². The average Bonchev–Trinajstić information content (AvgIpc) is 3.32. The van der Waals surface area contributed by atoms with Crippen molar-refractivity contribution in [3.8, 4) is 0 Å². The Kier molecular flexibility index (Phi) is 3.48. The van der Waals surface area contributed by atoms with E-state index >= 15 is 0 Å². The molecule has 22 heavy (non-hydrogen) atoms. The monoisotopic (exact) mass is 303 g/mol. The van der Waals surface area contributed by atoms with E-state index in [0.717, 1.165) is 50.5 Å². The molecule has 1 aromatic rings. The molecule has 5 rings (SSSR count). The summed E-state index contributed by atoms with van der Waals surface area (Å²) < 4.78 is 5.30. The first-order valence-electron chi connectivity index (χ1n) is 8.56. The highest BCUT2D eigenvalue weighted by atomic mass is 16.5. The van der Waals surface area contributed by atoms with E-state index in [9.17, 15) is 4.79 Å². The van der Waals surface area contributed by atoms with E-state index in [1.807, 2.05) is 13.8 Å². The Hall–Kier alpha value is -1.36. The molecule has 4 fully saturated rings. The third-order valence-electron chi connectivity index (χ3n) is 5.56. The topological polar surface area (TPSA) is 49.6 Å². The van der Waals surface area contributed by atoms with Gasteiger partial charge in [0.2, 0.25) is 5.91 Å². The molecule has 0 unspecified atom stereocenters. The zero-order valence-electron chi connectivity index (χ0n) is 13.5. The maximum Gasteiger partial charge on any atom is 0.225 e. The first kappa shape index (κ1) is 14.2. The normalized spacial score (nSPS) is 28.9. The van der Waals surface area contributed by atoms with Crippen LogP contribution in [0.25, 0.3) is 0 Å². The third-order valence-corrected chi connectivity index (χ3v) is 5.56. The largest absolute Gasteiger partial charge is 0.361 e. The van der Waals surface area contributed by atoms with Gasteiger partial charge in [-0.25, -0.2) is 0 Å². The number of carbonyl (C=O) groups is 1. The molecule has 0 N–H and O–H groups in total. The molecule has 1 aromatic heterocycles. The first-order valence-corrected chi connectivity index (χ1v) is 8.56. The lowest BCUT2D eigenvalue weighted by Gasteiger charge is -2.36. The van der Waals surface area contributed by atoms with Gasteiger partial charge in [0.1, 0.15) is 5.76 Å². The summed E-state index contributed by atoms with van der Waals surface area (Å²) in [6.45, 7) is 7.97. The molecule has 120 valence electrons. The molecule has 1 amide bonds. The van der Waals surface area contributed by atoms with Crippen molar-refractivity contribution in [1.29, 1.82) is 0 Å². The molecule has 0 radical (unpaired) electrons. The molecule has 4 heterocycles. The minimum atomic E-state index is 0.343. The molecule has 1 saturated carbocycles. The average molecular weight is 303 g/mol. The number of carbonyl (C=O) groups excluding carboxylic acids is 1. The van der Waals surface area contributed by atoms with E-state index in [-0.39, 0.29) is 0 Å². The van der Waals surface area contributed by atoms with Gasteiger partial charge in [0.05, 0.1) is 5.69 Å². The summed E-state index contributed by atoms with van der Waals surface area (Å²) in [5.74, 6) is 2.33. The van der Waals surface area contributed by atoms with E-state index in [1.54, 1.807) is 0 Å². The molecule has 4 aliphatic rings. The van der Waals surface area contributed by atoms with Crippen LogP contribution >= 0.6 is 0 Å². The fourth-order valence-corrected chi connectivity index (χ4v) is 4.09. The van der Waals surface area contributed by atoms with Gasteiger partial charge in [-0.1, -0.05) is 5.16 Å². The number of piperidine rings is 1. The first-order chi connectivity index (χ1) is 10.6. The second kappa shape index (κ2) is 5.37. The van der Waals surface area contributed by atoms with Crippen LogP contribution in [-0.4, -0.2) is 46.5 Å². The van der Waals surface area contributed by atoms with Gasteiger partial charge in [-0.15, -0.1) is 0 Å². The molecule has 3 aliphatic heterocycles. The quantitative estimate of drug-likeness (QED) is 0.858. The molecule has 0 spiro atoms. The Morgan fingerprint density at radius 3 is 2.68 bits per heavy atom. The van der Waals surface area contributed by atoms with Crippen molar-refractivity contribution in [2.24, 2.45) is 11.8 Å². The number of nitrogens with zero attached hydrogens (tertiary/aromatic N) is 3.